The van der Waals surface area contributed by atoms with Crippen molar-refractivity contribution in [3.05, 3.63) is 34.2 Å². The van der Waals surface area contributed by atoms with Crippen molar-refractivity contribution in [2.45, 2.75) is 77.4 Å². The number of fused-ring (bicyclic) bond motifs is 3. The van der Waals surface area contributed by atoms with E-state index in [4.69, 9.17) is 37.1 Å². The van der Waals surface area contributed by atoms with E-state index >= 15 is 0 Å². The molecule has 1 atom stereocenters. The minimum atomic E-state index is -1.84. The molecule has 1 unspecified atom stereocenters. The van der Waals surface area contributed by atoms with Crippen molar-refractivity contribution in [1.29, 1.82) is 0 Å². The topological polar surface area (TPSA) is 70.8 Å². The molecule has 40 heavy (non-hydrogen) atoms. The third-order valence-electron chi connectivity index (χ3n) is 8.55. The molecule has 0 radical (unpaired) electrons. The average molecular weight is 608 g/mol. The Labute approximate surface area is 247 Å². The highest BCUT2D eigenvalue weighted by molar-refractivity contribution is 6.74. The van der Waals surface area contributed by atoms with E-state index in [0.717, 1.165) is 54.3 Å². The number of rotatable bonds is 8. The first-order chi connectivity index (χ1) is 18.9. The van der Waals surface area contributed by atoms with Crippen LogP contribution in [0.2, 0.25) is 28.2 Å². The zero-order valence-electron chi connectivity index (χ0n) is 24.4. The van der Waals surface area contributed by atoms with Crippen molar-refractivity contribution in [1.82, 2.24) is 19.2 Å². The highest BCUT2D eigenvalue weighted by Gasteiger charge is 2.37. The van der Waals surface area contributed by atoms with Gasteiger partial charge in [-0.3, -0.25) is 4.79 Å². The van der Waals surface area contributed by atoms with Gasteiger partial charge in [-0.2, -0.15) is 5.10 Å². The van der Waals surface area contributed by atoms with Crippen LogP contribution in [0.4, 0.5) is 0 Å². The lowest BCUT2D eigenvalue weighted by Crippen LogP contribution is -2.41. The van der Waals surface area contributed by atoms with Crippen LogP contribution in [0, 0.1) is 0 Å². The second-order valence-electron chi connectivity index (χ2n) is 12.3. The first kappa shape index (κ1) is 29.4. The third kappa shape index (κ3) is 5.43. The number of hydrogen-bond acceptors (Lipinski definition) is 5. The lowest BCUT2D eigenvalue weighted by atomic mass is 10.0. The predicted octanol–water partition coefficient (Wildman–Crippen LogP) is 7.39. The van der Waals surface area contributed by atoms with Crippen LogP contribution >= 0.6 is 23.2 Å². The van der Waals surface area contributed by atoms with E-state index in [1.54, 1.807) is 17.2 Å². The Balaban J connectivity index is 1.53. The van der Waals surface area contributed by atoms with E-state index in [0.29, 0.717) is 47.8 Å². The van der Waals surface area contributed by atoms with Crippen LogP contribution in [-0.4, -0.2) is 66.9 Å². The number of benzene rings is 1. The number of aromatic nitrogens is 3. The zero-order valence-corrected chi connectivity index (χ0v) is 26.9. The van der Waals surface area contributed by atoms with E-state index in [-0.39, 0.29) is 17.2 Å². The minimum absolute atomic E-state index is 0.0694. The van der Waals surface area contributed by atoms with Gasteiger partial charge in [0.15, 0.2) is 8.32 Å². The Morgan fingerprint density at radius 3 is 2.65 bits per heavy atom. The van der Waals surface area contributed by atoms with Gasteiger partial charge in [-0.25, -0.2) is 4.68 Å². The van der Waals surface area contributed by atoms with Crippen molar-refractivity contribution in [2.24, 2.45) is 0 Å². The fourth-order valence-corrected chi connectivity index (χ4v) is 6.69. The van der Waals surface area contributed by atoms with Crippen molar-refractivity contribution >= 4 is 48.3 Å². The molecule has 2 aliphatic heterocycles. The summed E-state index contributed by atoms with van der Waals surface area (Å²) >= 11 is 13.5. The largest absolute Gasteiger partial charge is 0.493 e. The summed E-state index contributed by atoms with van der Waals surface area (Å²) in [5.74, 6) is 0.533. The maximum absolute atomic E-state index is 13.6. The molecule has 1 aromatic carbocycles. The van der Waals surface area contributed by atoms with E-state index < -0.39 is 8.32 Å². The number of likely N-dealkylation sites (N-methyl/N-ethyl adjacent to an activating group) is 1. The number of carbonyl (C=O) groups is 1. The number of halogens is 2. The predicted molar refractivity (Wildman–Crippen MR) is 162 cm³/mol. The van der Waals surface area contributed by atoms with Crippen LogP contribution in [0.3, 0.4) is 0 Å². The molecule has 8 nitrogen and oxygen atoms in total. The molecular weight excluding hydrogens is 567 g/mol. The summed E-state index contributed by atoms with van der Waals surface area (Å²) in [4.78, 5) is 15.3. The van der Waals surface area contributed by atoms with Crippen molar-refractivity contribution in [2.75, 3.05) is 33.4 Å². The van der Waals surface area contributed by atoms with Crippen LogP contribution in [-0.2, 0) is 15.7 Å². The Bertz CT molecular complexity index is 1410. The lowest BCUT2D eigenvalue weighted by Gasteiger charge is -2.36. The van der Waals surface area contributed by atoms with Gasteiger partial charge in [0, 0.05) is 63.2 Å². The van der Waals surface area contributed by atoms with Crippen LogP contribution in [0.1, 0.15) is 63.2 Å². The minimum Gasteiger partial charge on any atom is -0.493 e. The van der Waals surface area contributed by atoms with Crippen molar-refractivity contribution < 1.29 is 18.7 Å². The summed E-state index contributed by atoms with van der Waals surface area (Å²) in [6.45, 7) is 14.2. The molecule has 5 rings (SSSR count). The summed E-state index contributed by atoms with van der Waals surface area (Å²) in [5, 5.41) is 6.38. The molecule has 1 amide bonds. The maximum atomic E-state index is 13.6. The van der Waals surface area contributed by atoms with Crippen LogP contribution in [0.25, 0.3) is 22.0 Å². The smallest absolute Gasteiger partial charge is 0.270 e. The first-order valence-corrected chi connectivity index (χ1v) is 17.8. The van der Waals surface area contributed by atoms with Gasteiger partial charge in [0.2, 0.25) is 0 Å². The molecule has 0 N–H and O–H groups in total. The summed E-state index contributed by atoms with van der Waals surface area (Å²) in [7, 11) is -0.0195. The van der Waals surface area contributed by atoms with Gasteiger partial charge in [0.25, 0.3) is 5.91 Å². The number of amides is 1. The molecule has 3 aromatic rings. The number of carbonyl (C=O) groups excluding carboxylic acids is 1. The molecule has 2 aliphatic rings. The average Bonchev–Trinajstić information content (AvgIpc) is 3.52. The molecule has 4 heterocycles. The van der Waals surface area contributed by atoms with E-state index in [1.165, 1.54) is 0 Å². The van der Waals surface area contributed by atoms with Crippen LogP contribution in [0.5, 0.6) is 5.75 Å². The molecule has 2 aromatic heterocycles. The van der Waals surface area contributed by atoms with E-state index in [1.807, 2.05) is 22.5 Å². The van der Waals surface area contributed by atoms with Gasteiger partial charge in [0.05, 0.1) is 33.8 Å². The number of nitrogens with zero attached hydrogens (tertiary/aromatic N) is 4. The highest BCUT2D eigenvalue weighted by Crippen LogP contribution is 2.47. The second-order valence-corrected chi connectivity index (χ2v) is 17.9. The summed E-state index contributed by atoms with van der Waals surface area (Å²) in [6, 6.07) is 1.76. The second kappa shape index (κ2) is 11.3. The third-order valence-corrected chi connectivity index (χ3v) is 13.9. The van der Waals surface area contributed by atoms with Gasteiger partial charge >= 0.3 is 0 Å². The molecule has 1 saturated heterocycles. The first-order valence-electron chi connectivity index (χ1n) is 14.1. The Hall–Kier alpha value is -2.04. The summed E-state index contributed by atoms with van der Waals surface area (Å²) in [6.07, 6.45) is 7.45. The molecule has 1 fully saturated rings. The quantitative estimate of drug-likeness (QED) is 0.197. The Morgan fingerprint density at radius 2 is 1.95 bits per heavy atom. The van der Waals surface area contributed by atoms with E-state index in [2.05, 4.69) is 39.0 Å². The van der Waals surface area contributed by atoms with Gasteiger partial charge in [-0.05, 0) is 37.4 Å². The van der Waals surface area contributed by atoms with Gasteiger partial charge < -0.3 is 23.4 Å². The van der Waals surface area contributed by atoms with E-state index in [9.17, 15) is 4.79 Å². The summed E-state index contributed by atoms with van der Waals surface area (Å²) in [5.41, 5.74) is 2.87. The Morgan fingerprint density at radius 1 is 1.18 bits per heavy atom. The highest BCUT2D eigenvalue weighted by atomic mass is 35.5. The number of ether oxygens (including phenoxy) is 2. The molecular formula is C29H40Cl2N4O4Si. The molecule has 218 valence electrons. The Kier molecular flexibility index (Phi) is 8.34. The SMILES string of the molecule is CN1CCn2c(c(-c3cnn(C4CCCCO4)c3)c3c(OCCCO[Si](C)(C)C(C)(C)C)cc(Cl)c(Cl)c32)C1=O. The number of hydrogen-bond donors (Lipinski definition) is 0. The molecule has 11 heteroatoms. The molecule has 0 spiro atoms. The molecule has 0 aliphatic carbocycles. The summed E-state index contributed by atoms with van der Waals surface area (Å²) < 4.78 is 22.5. The van der Waals surface area contributed by atoms with Crippen molar-refractivity contribution in [3.63, 3.8) is 0 Å². The van der Waals surface area contributed by atoms with Gasteiger partial charge in [-0.15, -0.1) is 0 Å². The molecule has 0 bridgehead atoms. The zero-order chi connectivity index (χ0) is 28.8. The van der Waals surface area contributed by atoms with Gasteiger partial charge in [-0.1, -0.05) is 44.0 Å². The standard InChI is InChI=1S/C29H40Cl2N4O4Si/c1-29(2,3)40(5,6)39-15-9-14-37-21-16-20(30)25(31)26-24(21)23(27-28(36)33(4)11-12-34(26)27)19-17-32-35(18-19)22-10-7-8-13-38-22/h16-18,22H,7-15H2,1-6H3. The fourth-order valence-electron chi connectivity index (χ4n) is 5.17. The maximum Gasteiger partial charge on any atom is 0.270 e. The molecule has 0 saturated carbocycles. The van der Waals surface area contributed by atoms with Crippen LogP contribution < -0.4 is 4.74 Å². The van der Waals surface area contributed by atoms with Crippen molar-refractivity contribution in [3.8, 4) is 16.9 Å². The fraction of sp³-hybridized carbons (Fsp3) is 0.586. The lowest BCUT2D eigenvalue weighted by molar-refractivity contribution is -0.0394. The normalized spacial score (nSPS) is 18.4. The van der Waals surface area contributed by atoms with Crippen LogP contribution in [0.15, 0.2) is 18.5 Å². The van der Waals surface area contributed by atoms with Gasteiger partial charge in [0.1, 0.15) is 17.7 Å². The monoisotopic (exact) mass is 606 g/mol.